The van der Waals surface area contributed by atoms with Crippen LogP contribution in [0.2, 0.25) is 0 Å². The molecule has 0 bridgehead atoms. The summed E-state index contributed by atoms with van der Waals surface area (Å²) in [6, 6.07) is 9.63. The maximum atomic E-state index is 12.6. The fourth-order valence-corrected chi connectivity index (χ4v) is 3.30. The molecule has 3 rings (SSSR count). The van der Waals surface area contributed by atoms with E-state index in [1.54, 1.807) is 0 Å². The van der Waals surface area contributed by atoms with Crippen LogP contribution in [0.15, 0.2) is 47.6 Å². The summed E-state index contributed by atoms with van der Waals surface area (Å²) >= 11 is 0. The van der Waals surface area contributed by atoms with Gasteiger partial charge in [-0.3, -0.25) is 0 Å². The maximum Gasteiger partial charge on any atom is 0.335 e. The van der Waals surface area contributed by atoms with Crippen molar-refractivity contribution in [1.82, 2.24) is 19.3 Å². The van der Waals surface area contributed by atoms with E-state index >= 15 is 0 Å². The van der Waals surface area contributed by atoms with Crippen molar-refractivity contribution < 1.29 is 18.3 Å². The van der Waals surface area contributed by atoms with Gasteiger partial charge in [-0.1, -0.05) is 12.1 Å². The number of sulfonamides is 1. The molecule has 0 aliphatic heterocycles. The Morgan fingerprint density at radius 2 is 2.04 bits per heavy atom. The number of aromatic amines is 1. The van der Waals surface area contributed by atoms with E-state index in [0.29, 0.717) is 5.82 Å². The number of imidazole rings is 1. The number of para-hydroxylation sites is 2. The van der Waals surface area contributed by atoms with E-state index in [4.69, 9.17) is 5.11 Å². The second kappa shape index (κ2) is 6.02. The summed E-state index contributed by atoms with van der Waals surface area (Å²) in [7, 11) is -2.55. The van der Waals surface area contributed by atoms with Crippen molar-refractivity contribution in [2.45, 2.75) is 11.6 Å². The number of hydrogen-bond donors (Lipinski definition) is 2. The van der Waals surface area contributed by atoms with Crippen LogP contribution in [0.25, 0.3) is 11.0 Å². The third-order valence-corrected chi connectivity index (χ3v) is 5.17. The van der Waals surface area contributed by atoms with Gasteiger partial charge in [-0.2, -0.15) is 4.31 Å². The molecule has 0 fully saturated rings. The van der Waals surface area contributed by atoms with Crippen LogP contribution in [-0.2, 0) is 16.6 Å². The topological polar surface area (TPSA) is 116 Å². The summed E-state index contributed by atoms with van der Waals surface area (Å²) in [5.41, 5.74) is 1.41. The molecule has 24 heavy (non-hydrogen) atoms. The van der Waals surface area contributed by atoms with Crippen molar-refractivity contribution in [2.24, 2.45) is 0 Å². The maximum absolute atomic E-state index is 12.6. The molecule has 2 aromatic heterocycles. The number of aromatic carboxylic acids is 1. The van der Waals surface area contributed by atoms with Crippen molar-refractivity contribution in [2.75, 3.05) is 7.05 Å². The van der Waals surface area contributed by atoms with Crippen molar-refractivity contribution >= 4 is 27.0 Å². The number of rotatable bonds is 5. The van der Waals surface area contributed by atoms with Crippen molar-refractivity contribution in [1.29, 1.82) is 0 Å². The average Bonchev–Trinajstić information content (AvgIpc) is 2.97. The van der Waals surface area contributed by atoms with Crippen LogP contribution < -0.4 is 0 Å². The number of hydrogen-bond acceptors (Lipinski definition) is 5. The first-order valence-corrected chi connectivity index (χ1v) is 8.41. The number of fused-ring (bicyclic) bond motifs is 1. The van der Waals surface area contributed by atoms with Gasteiger partial charge in [0.1, 0.15) is 5.82 Å². The normalized spacial score (nSPS) is 11.9. The number of nitrogens with one attached hydrogen (secondary N) is 1. The minimum atomic E-state index is -3.93. The van der Waals surface area contributed by atoms with E-state index in [-0.39, 0.29) is 17.1 Å². The van der Waals surface area contributed by atoms with Crippen LogP contribution in [-0.4, -0.2) is 45.8 Å². The molecule has 0 unspecified atom stereocenters. The molecule has 0 amide bonds. The van der Waals surface area contributed by atoms with Gasteiger partial charge in [0.05, 0.1) is 23.1 Å². The Bertz CT molecular complexity index is 980. The van der Waals surface area contributed by atoms with Crippen LogP contribution in [0.1, 0.15) is 16.2 Å². The molecule has 3 aromatic rings. The van der Waals surface area contributed by atoms with Crippen molar-refractivity contribution in [3.8, 4) is 0 Å². The summed E-state index contributed by atoms with van der Waals surface area (Å²) in [5, 5.41) is 8.66. The molecule has 8 nitrogen and oxygen atoms in total. The number of benzene rings is 1. The second-order valence-electron chi connectivity index (χ2n) is 5.15. The number of aromatic nitrogens is 3. The van der Waals surface area contributed by atoms with Gasteiger partial charge in [0.15, 0.2) is 5.03 Å². The molecular formula is C15H14N4O4S. The van der Waals surface area contributed by atoms with Crippen LogP contribution in [0.4, 0.5) is 0 Å². The smallest absolute Gasteiger partial charge is 0.335 e. The Hall–Kier alpha value is -2.78. The minimum absolute atomic E-state index is 0.00991. The molecule has 2 N–H and O–H groups in total. The van der Waals surface area contributed by atoms with Crippen LogP contribution in [0.5, 0.6) is 0 Å². The van der Waals surface area contributed by atoms with E-state index in [1.165, 1.54) is 13.1 Å². The van der Waals surface area contributed by atoms with Gasteiger partial charge in [-0.15, -0.1) is 0 Å². The third kappa shape index (κ3) is 2.99. The van der Waals surface area contributed by atoms with Crippen LogP contribution >= 0.6 is 0 Å². The lowest BCUT2D eigenvalue weighted by molar-refractivity contribution is 0.0696. The fraction of sp³-hybridized carbons (Fsp3) is 0.133. The molecule has 0 spiro atoms. The molecule has 0 saturated carbocycles. The number of pyridine rings is 1. The zero-order valence-corrected chi connectivity index (χ0v) is 13.5. The van der Waals surface area contributed by atoms with Crippen LogP contribution in [0, 0.1) is 0 Å². The molecule has 0 aliphatic rings. The Morgan fingerprint density at radius 1 is 1.29 bits per heavy atom. The van der Waals surface area contributed by atoms with Gasteiger partial charge in [0.25, 0.3) is 10.0 Å². The molecule has 0 radical (unpaired) electrons. The quantitative estimate of drug-likeness (QED) is 0.723. The van der Waals surface area contributed by atoms with Gasteiger partial charge in [0, 0.05) is 13.2 Å². The highest BCUT2D eigenvalue weighted by atomic mass is 32.2. The average molecular weight is 346 g/mol. The third-order valence-electron chi connectivity index (χ3n) is 3.47. The summed E-state index contributed by atoms with van der Waals surface area (Å²) in [5.74, 6) is -0.731. The lowest BCUT2D eigenvalue weighted by Crippen LogP contribution is -2.28. The fourth-order valence-electron chi connectivity index (χ4n) is 2.22. The minimum Gasteiger partial charge on any atom is -0.478 e. The highest BCUT2D eigenvalue weighted by Crippen LogP contribution is 2.17. The molecule has 9 heteroatoms. The summed E-state index contributed by atoms with van der Waals surface area (Å²) in [6.07, 6.45) is 1.16. The van der Waals surface area contributed by atoms with Gasteiger partial charge in [0.2, 0.25) is 0 Å². The van der Waals surface area contributed by atoms with Crippen LogP contribution in [0.3, 0.4) is 0 Å². The van der Waals surface area contributed by atoms with Crippen molar-refractivity contribution in [3.05, 3.63) is 54.0 Å². The lowest BCUT2D eigenvalue weighted by Gasteiger charge is -2.15. The predicted molar refractivity (Wildman–Crippen MR) is 85.9 cm³/mol. The lowest BCUT2D eigenvalue weighted by atomic mass is 10.3. The number of nitrogens with zero attached hydrogens (tertiary/aromatic N) is 3. The molecule has 0 aliphatic carbocycles. The van der Waals surface area contributed by atoms with E-state index in [0.717, 1.165) is 27.6 Å². The van der Waals surface area contributed by atoms with E-state index in [1.807, 2.05) is 24.3 Å². The van der Waals surface area contributed by atoms with E-state index in [2.05, 4.69) is 15.0 Å². The van der Waals surface area contributed by atoms with Gasteiger partial charge in [-0.25, -0.2) is 23.2 Å². The second-order valence-corrected chi connectivity index (χ2v) is 7.14. The van der Waals surface area contributed by atoms with Gasteiger partial charge in [-0.05, 0) is 24.3 Å². The molecule has 2 heterocycles. The molecule has 0 saturated heterocycles. The van der Waals surface area contributed by atoms with E-state index in [9.17, 15) is 13.2 Å². The highest BCUT2D eigenvalue weighted by Gasteiger charge is 2.24. The Kier molecular flexibility index (Phi) is 4.04. The van der Waals surface area contributed by atoms with Gasteiger partial charge < -0.3 is 10.1 Å². The first-order valence-electron chi connectivity index (χ1n) is 6.97. The first-order chi connectivity index (χ1) is 11.4. The summed E-state index contributed by atoms with van der Waals surface area (Å²) < 4.78 is 26.2. The highest BCUT2D eigenvalue weighted by molar-refractivity contribution is 7.89. The molecule has 1 aromatic carbocycles. The SMILES string of the molecule is CN(Cc1nc2ccccc2[nH]1)S(=O)(=O)c1cc(C(=O)O)ccn1. The Balaban J connectivity index is 1.88. The molecular weight excluding hydrogens is 332 g/mol. The number of H-pyrrole nitrogens is 1. The number of carboxylic acids is 1. The van der Waals surface area contributed by atoms with Gasteiger partial charge >= 0.3 is 5.97 Å². The zero-order valence-electron chi connectivity index (χ0n) is 12.7. The Labute approximate surface area is 137 Å². The van der Waals surface area contributed by atoms with E-state index < -0.39 is 16.0 Å². The van der Waals surface area contributed by atoms with Crippen molar-refractivity contribution in [3.63, 3.8) is 0 Å². The zero-order chi connectivity index (χ0) is 17.3. The largest absolute Gasteiger partial charge is 0.478 e. The number of carbonyl (C=O) groups is 1. The predicted octanol–water partition coefficient (Wildman–Crippen LogP) is 1.48. The number of carboxylic acid groups (broad SMARTS) is 1. The molecule has 124 valence electrons. The monoisotopic (exact) mass is 346 g/mol. The summed E-state index contributed by atoms with van der Waals surface area (Å²) in [4.78, 5) is 22.1. The first kappa shape index (κ1) is 16.1. The summed E-state index contributed by atoms with van der Waals surface area (Å²) in [6.45, 7) is 0.00991. The standard InChI is InChI=1S/C15H14N4O4S/c1-19(9-13-17-11-4-2-3-5-12(11)18-13)24(22,23)14-8-10(15(20)21)6-7-16-14/h2-8H,9H2,1H3,(H,17,18)(H,20,21). The molecule has 0 atom stereocenters. The Morgan fingerprint density at radius 3 is 2.75 bits per heavy atom.